The average molecular weight is 334 g/mol. The van der Waals surface area contributed by atoms with Gasteiger partial charge in [-0.05, 0) is 50.2 Å². The molecule has 0 saturated heterocycles. The number of rotatable bonds is 4. The lowest BCUT2D eigenvalue weighted by Crippen LogP contribution is -2.30. The Bertz CT molecular complexity index is 596. The third-order valence-corrected chi connectivity index (χ3v) is 3.07. The molecule has 0 atom stereocenters. The van der Waals surface area contributed by atoms with E-state index in [1.165, 1.54) is 0 Å². The van der Waals surface area contributed by atoms with Crippen molar-refractivity contribution in [2.24, 2.45) is 0 Å². The molecule has 5 heteroatoms. The molecule has 2 aromatic rings. The molecule has 1 heterocycles. The van der Waals surface area contributed by atoms with Gasteiger partial charge in [0.15, 0.2) is 0 Å². The topological polar surface area (TPSA) is 54.0 Å². The summed E-state index contributed by atoms with van der Waals surface area (Å²) in [7, 11) is 0. The van der Waals surface area contributed by atoms with Crippen LogP contribution in [0.5, 0.6) is 0 Å². The number of nitrogens with one attached hydrogen (secondary N) is 2. The van der Waals surface area contributed by atoms with Crippen molar-refractivity contribution >= 4 is 33.2 Å². The zero-order chi connectivity index (χ0) is 14.5. The number of carbonyl (C=O) groups excluding carboxylic acids is 1. The number of anilines is 2. The highest BCUT2D eigenvalue weighted by Crippen LogP contribution is 2.19. The fourth-order valence-electron chi connectivity index (χ4n) is 1.67. The zero-order valence-corrected chi connectivity index (χ0v) is 12.9. The van der Waals surface area contributed by atoms with Crippen molar-refractivity contribution in [3.8, 4) is 0 Å². The molecular formula is C15H16BrN3O. The zero-order valence-electron chi connectivity index (χ0n) is 11.4. The van der Waals surface area contributed by atoms with Crippen molar-refractivity contribution in [2.75, 3.05) is 5.32 Å². The molecule has 20 heavy (non-hydrogen) atoms. The smallest absolute Gasteiger partial charge is 0.270 e. The molecule has 0 fully saturated rings. The third kappa shape index (κ3) is 4.06. The van der Waals surface area contributed by atoms with Gasteiger partial charge < -0.3 is 10.6 Å². The molecule has 0 aliphatic heterocycles. The minimum Gasteiger partial charge on any atom is -0.355 e. The minimum absolute atomic E-state index is 0.0902. The molecule has 4 nitrogen and oxygen atoms in total. The first-order valence-corrected chi connectivity index (χ1v) is 7.13. The Labute approximate surface area is 126 Å². The van der Waals surface area contributed by atoms with Gasteiger partial charge in [0.25, 0.3) is 5.91 Å². The summed E-state index contributed by atoms with van der Waals surface area (Å²) >= 11 is 3.39. The summed E-state index contributed by atoms with van der Waals surface area (Å²) in [5, 5.41) is 6.06. The van der Waals surface area contributed by atoms with Crippen LogP contribution in [0.4, 0.5) is 11.4 Å². The van der Waals surface area contributed by atoms with Crippen molar-refractivity contribution in [1.29, 1.82) is 0 Å². The quantitative estimate of drug-likeness (QED) is 0.896. The Morgan fingerprint density at radius 2 is 1.85 bits per heavy atom. The van der Waals surface area contributed by atoms with Crippen LogP contribution in [0.15, 0.2) is 47.1 Å². The molecule has 0 saturated carbocycles. The van der Waals surface area contributed by atoms with E-state index >= 15 is 0 Å². The molecule has 1 aromatic carbocycles. The lowest BCUT2D eigenvalue weighted by Gasteiger charge is -2.10. The Balaban J connectivity index is 2.13. The Morgan fingerprint density at radius 1 is 1.15 bits per heavy atom. The first-order valence-electron chi connectivity index (χ1n) is 6.34. The van der Waals surface area contributed by atoms with Gasteiger partial charge in [-0.3, -0.25) is 9.78 Å². The number of amides is 1. The number of carbonyl (C=O) groups is 1. The molecule has 0 aliphatic rings. The van der Waals surface area contributed by atoms with Gasteiger partial charge in [0.1, 0.15) is 5.69 Å². The maximum Gasteiger partial charge on any atom is 0.270 e. The molecule has 104 valence electrons. The summed E-state index contributed by atoms with van der Waals surface area (Å²) in [6.45, 7) is 3.84. The van der Waals surface area contributed by atoms with Crippen molar-refractivity contribution in [3.63, 3.8) is 0 Å². The van der Waals surface area contributed by atoms with E-state index in [9.17, 15) is 4.79 Å². The van der Waals surface area contributed by atoms with E-state index in [2.05, 4.69) is 31.5 Å². The molecule has 2 N–H and O–H groups in total. The van der Waals surface area contributed by atoms with Crippen molar-refractivity contribution in [1.82, 2.24) is 10.3 Å². The minimum atomic E-state index is -0.167. The number of nitrogens with zero attached hydrogens (tertiary/aromatic N) is 1. The fraction of sp³-hybridized carbons (Fsp3) is 0.200. The van der Waals surface area contributed by atoms with Gasteiger partial charge in [-0.25, -0.2) is 0 Å². The van der Waals surface area contributed by atoms with Crippen LogP contribution in [-0.4, -0.2) is 16.9 Å². The second-order valence-electron chi connectivity index (χ2n) is 4.69. The van der Waals surface area contributed by atoms with Crippen LogP contribution < -0.4 is 10.6 Å². The maximum absolute atomic E-state index is 11.9. The average Bonchev–Trinajstić information content (AvgIpc) is 2.41. The number of pyridine rings is 1. The van der Waals surface area contributed by atoms with Crippen molar-refractivity contribution < 1.29 is 4.79 Å². The number of hydrogen-bond acceptors (Lipinski definition) is 3. The molecular weight excluding hydrogens is 318 g/mol. The number of benzene rings is 1. The van der Waals surface area contributed by atoms with Gasteiger partial charge in [-0.1, -0.05) is 15.9 Å². The molecule has 0 aliphatic carbocycles. The van der Waals surface area contributed by atoms with Crippen LogP contribution >= 0.6 is 15.9 Å². The summed E-state index contributed by atoms with van der Waals surface area (Å²) in [6.07, 6.45) is 1.62. The van der Waals surface area contributed by atoms with E-state index in [0.29, 0.717) is 5.69 Å². The Hall–Kier alpha value is -1.88. The van der Waals surface area contributed by atoms with E-state index in [-0.39, 0.29) is 11.9 Å². The van der Waals surface area contributed by atoms with Gasteiger partial charge in [0.05, 0.1) is 0 Å². The van der Waals surface area contributed by atoms with Crippen LogP contribution in [0.3, 0.4) is 0 Å². The first kappa shape index (κ1) is 14.5. The molecule has 0 radical (unpaired) electrons. The lowest BCUT2D eigenvalue weighted by molar-refractivity contribution is 0.0938. The molecule has 0 bridgehead atoms. The largest absolute Gasteiger partial charge is 0.355 e. The predicted octanol–water partition coefficient (Wildman–Crippen LogP) is 3.73. The number of hydrogen-bond donors (Lipinski definition) is 2. The summed E-state index contributed by atoms with van der Waals surface area (Å²) < 4.78 is 1.02. The predicted molar refractivity (Wildman–Crippen MR) is 84.3 cm³/mol. The van der Waals surface area contributed by atoms with Gasteiger partial charge in [0, 0.05) is 28.1 Å². The van der Waals surface area contributed by atoms with E-state index in [1.807, 2.05) is 44.2 Å². The summed E-state index contributed by atoms with van der Waals surface area (Å²) in [5.41, 5.74) is 2.19. The van der Waals surface area contributed by atoms with Crippen LogP contribution in [0.2, 0.25) is 0 Å². The molecule has 2 rings (SSSR count). The second-order valence-corrected chi connectivity index (χ2v) is 5.61. The van der Waals surface area contributed by atoms with E-state index in [4.69, 9.17) is 0 Å². The van der Waals surface area contributed by atoms with Crippen LogP contribution in [0, 0.1) is 0 Å². The highest BCUT2D eigenvalue weighted by atomic mass is 79.9. The summed E-state index contributed by atoms with van der Waals surface area (Å²) in [4.78, 5) is 16.0. The highest BCUT2D eigenvalue weighted by Gasteiger charge is 2.09. The fourth-order valence-corrected chi connectivity index (χ4v) is 1.93. The monoisotopic (exact) mass is 333 g/mol. The Morgan fingerprint density at radius 3 is 2.50 bits per heavy atom. The van der Waals surface area contributed by atoms with Crippen LogP contribution in [0.25, 0.3) is 0 Å². The molecule has 0 unspecified atom stereocenters. The Kier molecular flexibility index (Phi) is 4.74. The molecule has 1 aromatic heterocycles. The van der Waals surface area contributed by atoms with Crippen LogP contribution in [-0.2, 0) is 0 Å². The first-order chi connectivity index (χ1) is 9.54. The standard InChI is InChI=1S/C15H16BrN3O/c1-10(2)18-15(20)14-9-13(7-8-17-14)19-12-5-3-11(16)4-6-12/h3-10H,1-2H3,(H,17,19)(H,18,20). The number of halogens is 1. The van der Waals surface area contributed by atoms with E-state index < -0.39 is 0 Å². The second kappa shape index (κ2) is 6.52. The van der Waals surface area contributed by atoms with E-state index in [0.717, 1.165) is 15.8 Å². The van der Waals surface area contributed by atoms with Gasteiger partial charge >= 0.3 is 0 Å². The number of aromatic nitrogens is 1. The molecule has 0 spiro atoms. The van der Waals surface area contributed by atoms with Gasteiger partial charge in [-0.2, -0.15) is 0 Å². The maximum atomic E-state index is 11.9. The highest BCUT2D eigenvalue weighted by molar-refractivity contribution is 9.10. The summed E-state index contributed by atoms with van der Waals surface area (Å²) in [6, 6.07) is 11.5. The van der Waals surface area contributed by atoms with Crippen molar-refractivity contribution in [3.05, 3.63) is 52.8 Å². The van der Waals surface area contributed by atoms with Crippen molar-refractivity contribution in [2.45, 2.75) is 19.9 Å². The lowest BCUT2D eigenvalue weighted by atomic mass is 10.2. The SMILES string of the molecule is CC(C)NC(=O)c1cc(Nc2ccc(Br)cc2)ccn1. The van der Waals surface area contributed by atoms with Gasteiger partial charge in [-0.15, -0.1) is 0 Å². The van der Waals surface area contributed by atoms with E-state index in [1.54, 1.807) is 12.3 Å². The summed E-state index contributed by atoms with van der Waals surface area (Å²) in [5.74, 6) is -0.167. The van der Waals surface area contributed by atoms with Crippen LogP contribution in [0.1, 0.15) is 24.3 Å². The normalized spacial score (nSPS) is 10.4. The van der Waals surface area contributed by atoms with Gasteiger partial charge in [0.2, 0.25) is 0 Å². The molecule has 1 amide bonds. The third-order valence-electron chi connectivity index (χ3n) is 2.55.